The summed E-state index contributed by atoms with van der Waals surface area (Å²) >= 11 is 6.50. The number of pyridine rings is 1. The van der Waals surface area contributed by atoms with Gasteiger partial charge in [-0.2, -0.15) is 0 Å². The molecule has 39 heavy (non-hydrogen) atoms. The Morgan fingerprint density at radius 2 is 1.85 bits per heavy atom. The first-order chi connectivity index (χ1) is 18.8. The van der Waals surface area contributed by atoms with Crippen molar-refractivity contribution in [1.82, 2.24) is 20.3 Å². The molecule has 0 spiro atoms. The summed E-state index contributed by atoms with van der Waals surface area (Å²) < 4.78 is 34.4. The molecule has 0 aliphatic rings. The van der Waals surface area contributed by atoms with Gasteiger partial charge in [-0.05, 0) is 42.0 Å². The highest BCUT2D eigenvalue weighted by Gasteiger charge is 2.12. The van der Waals surface area contributed by atoms with Crippen LogP contribution < -0.4 is 15.4 Å². The molecule has 0 saturated carbocycles. The Hall–Kier alpha value is -3.99. The minimum atomic E-state index is -3.02. The van der Waals surface area contributed by atoms with Crippen molar-refractivity contribution in [2.24, 2.45) is 0 Å². The van der Waals surface area contributed by atoms with E-state index in [2.05, 4.69) is 25.6 Å². The molecule has 2 N–H and O–H groups in total. The Balaban J connectivity index is 1.30. The lowest BCUT2D eigenvalue weighted by molar-refractivity contribution is 0.306. The van der Waals surface area contributed by atoms with Gasteiger partial charge in [0.2, 0.25) is 0 Å². The van der Waals surface area contributed by atoms with E-state index in [0.717, 1.165) is 16.6 Å². The fourth-order valence-corrected chi connectivity index (χ4v) is 4.59. The summed E-state index contributed by atoms with van der Waals surface area (Å²) in [6.07, 6.45) is 4.35. The van der Waals surface area contributed by atoms with Crippen LogP contribution in [0.15, 0.2) is 83.7 Å². The van der Waals surface area contributed by atoms with Crippen LogP contribution in [0.3, 0.4) is 0 Å². The molecule has 11 heteroatoms. The molecule has 0 unspecified atom stereocenters. The zero-order valence-corrected chi connectivity index (χ0v) is 22.7. The molecule has 0 saturated heterocycles. The highest BCUT2D eigenvalue weighted by atomic mass is 35.5. The number of hydrogen-bond donors (Lipinski definition) is 2. The van der Waals surface area contributed by atoms with Gasteiger partial charge in [-0.3, -0.25) is 4.98 Å². The molecular weight excluding hydrogens is 538 g/mol. The van der Waals surface area contributed by atoms with Crippen molar-refractivity contribution in [2.45, 2.75) is 13.2 Å². The first-order valence-electron chi connectivity index (χ1n) is 12.2. The van der Waals surface area contributed by atoms with E-state index < -0.39 is 9.84 Å². The maximum absolute atomic E-state index is 11.3. The van der Waals surface area contributed by atoms with Crippen LogP contribution in [0.2, 0.25) is 5.02 Å². The van der Waals surface area contributed by atoms with Crippen LogP contribution in [-0.2, 0) is 23.0 Å². The van der Waals surface area contributed by atoms with E-state index in [1.54, 1.807) is 12.3 Å². The summed E-state index contributed by atoms with van der Waals surface area (Å²) in [4.78, 5) is 13.2. The van der Waals surface area contributed by atoms with E-state index in [-0.39, 0.29) is 5.75 Å². The quantitative estimate of drug-likeness (QED) is 0.204. The molecule has 5 rings (SSSR count). The molecule has 3 heterocycles. The highest BCUT2D eigenvalue weighted by molar-refractivity contribution is 7.90. The summed E-state index contributed by atoms with van der Waals surface area (Å²) in [5.74, 6) is 2.50. The number of ether oxygens (including phenoxy) is 1. The average molecular weight is 564 g/mol. The first kappa shape index (κ1) is 26.6. The van der Waals surface area contributed by atoms with Gasteiger partial charge in [0.25, 0.3) is 0 Å². The number of fused-ring (bicyclic) bond motifs is 1. The summed E-state index contributed by atoms with van der Waals surface area (Å²) in [6.45, 7) is 1.18. The second-order valence-electron chi connectivity index (χ2n) is 8.93. The molecular formula is C28H26ClN5O4S. The number of halogens is 1. The lowest BCUT2D eigenvalue weighted by Crippen LogP contribution is -2.21. The van der Waals surface area contributed by atoms with Crippen molar-refractivity contribution >= 4 is 43.8 Å². The highest BCUT2D eigenvalue weighted by Crippen LogP contribution is 2.32. The number of nitrogens with zero attached hydrogens (tertiary/aromatic N) is 3. The second kappa shape index (κ2) is 11.8. The Kier molecular flexibility index (Phi) is 8.06. The van der Waals surface area contributed by atoms with Gasteiger partial charge < -0.3 is 19.8 Å². The summed E-state index contributed by atoms with van der Waals surface area (Å²) in [5.41, 5.74) is 3.08. The standard InChI is InChI=1S/C28H26ClN5O4S/c1-39(35,36)12-11-30-15-21-8-10-27(38-21)24-14-22-25(16-31-24)32-18-33-28(22)34-20-7-9-26(23(29)13-20)37-17-19-5-3-2-4-6-19/h2-10,13-14,16,18,30H,11-12,15,17H2,1H3,(H,32,33,34). The molecule has 0 amide bonds. The Labute approximate surface area is 231 Å². The third-order valence-electron chi connectivity index (χ3n) is 5.82. The Bertz CT molecular complexity index is 1690. The Morgan fingerprint density at radius 3 is 2.64 bits per heavy atom. The first-order valence-corrected chi connectivity index (χ1v) is 14.6. The molecule has 0 radical (unpaired) electrons. The van der Waals surface area contributed by atoms with E-state index in [1.807, 2.05) is 60.7 Å². The van der Waals surface area contributed by atoms with Gasteiger partial charge in [-0.25, -0.2) is 18.4 Å². The minimum Gasteiger partial charge on any atom is -0.487 e. The van der Waals surface area contributed by atoms with E-state index in [9.17, 15) is 8.42 Å². The van der Waals surface area contributed by atoms with Crippen molar-refractivity contribution in [3.63, 3.8) is 0 Å². The fraction of sp³-hybridized carbons (Fsp3) is 0.179. The fourth-order valence-electron chi connectivity index (χ4n) is 3.84. The zero-order chi connectivity index (χ0) is 27.2. The van der Waals surface area contributed by atoms with Gasteiger partial charge in [0.1, 0.15) is 45.8 Å². The van der Waals surface area contributed by atoms with Crippen molar-refractivity contribution in [2.75, 3.05) is 23.9 Å². The van der Waals surface area contributed by atoms with E-state index in [4.69, 9.17) is 20.8 Å². The Morgan fingerprint density at radius 1 is 1.00 bits per heavy atom. The number of anilines is 2. The predicted molar refractivity (Wildman–Crippen MR) is 152 cm³/mol. The summed E-state index contributed by atoms with van der Waals surface area (Å²) in [7, 11) is -3.02. The average Bonchev–Trinajstić information content (AvgIpc) is 3.40. The van der Waals surface area contributed by atoms with Crippen LogP contribution >= 0.6 is 11.6 Å². The molecule has 0 fully saturated rings. The second-order valence-corrected chi connectivity index (χ2v) is 11.6. The molecule has 0 aliphatic heterocycles. The van der Waals surface area contributed by atoms with Crippen LogP contribution in [-0.4, -0.2) is 41.9 Å². The molecule has 0 bridgehead atoms. The zero-order valence-electron chi connectivity index (χ0n) is 21.1. The van der Waals surface area contributed by atoms with Crippen LogP contribution in [0.5, 0.6) is 5.75 Å². The van der Waals surface area contributed by atoms with Crippen LogP contribution in [0, 0.1) is 0 Å². The number of sulfone groups is 1. The van der Waals surface area contributed by atoms with Crippen LogP contribution in [0.4, 0.5) is 11.5 Å². The lowest BCUT2D eigenvalue weighted by atomic mass is 10.2. The number of benzene rings is 2. The van der Waals surface area contributed by atoms with Crippen molar-refractivity contribution in [1.29, 1.82) is 0 Å². The number of nitrogens with one attached hydrogen (secondary N) is 2. The van der Waals surface area contributed by atoms with E-state index in [0.29, 0.717) is 59.0 Å². The van der Waals surface area contributed by atoms with E-state index >= 15 is 0 Å². The normalized spacial score (nSPS) is 11.5. The van der Waals surface area contributed by atoms with Gasteiger partial charge in [0.15, 0.2) is 5.76 Å². The van der Waals surface area contributed by atoms with Gasteiger partial charge in [-0.1, -0.05) is 41.9 Å². The minimum absolute atomic E-state index is 0.0667. The number of rotatable bonds is 11. The number of hydrogen-bond acceptors (Lipinski definition) is 9. The maximum Gasteiger partial charge on any atom is 0.152 e. The van der Waals surface area contributed by atoms with Gasteiger partial charge >= 0.3 is 0 Å². The third-order valence-corrected chi connectivity index (χ3v) is 7.06. The molecule has 9 nitrogen and oxygen atoms in total. The molecule has 5 aromatic rings. The molecule has 0 aliphatic carbocycles. The summed E-state index contributed by atoms with van der Waals surface area (Å²) in [5, 5.41) is 7.61. The third kappa shape index (κ3) is 7.11. The SMILES string of the molecule is CS(=O)(=O)CCNCc1ccc(-c2cc3c(Nc4ccc(OCc5ccccc5)c(Cl)c4)ncnc3cn2)o1. The van der Waals surface area contributed by atoms with E-state index in [1.165, 1.54) is 12.6 Å². The monoisotopic (exact) mass is 563 g/mol. The van der Waals surface area contributed by atoms with Crippen molar-refractivity contribution in [3.8, 4) is 17.2 Å². The smallest absolute Gasteiger partial charge is 0.152 e. The topological polar surface area (TPSA) is 119 Å². The summed E-state index contributed by atoms with van der Waals surface area (Å²) in [6, 6.07) is 20.9. The largest absolute Gasteiger partial charge is 0.487 e. The molecule has 0 atom stereocenters. The predicted octanol–water partition coefficient (Wildman–Crippen LogP) is 5.40. The number of aromatic nitrogens is 3. The van der Waals surface area contributed by atoms with Crippen LogP contribution in [0.25, 0.3) is 22.4 Å². The molecule has 2 aromatic carbocycles. The van der Waals surface area contributed by atoms with Crippen molar-refractivity contribution in [3.05, 3.63) is 95.6 Å². The van der Waals surface area contributed by atoms with Gasteiger partial charge in [0.05, 0.1) is 29.0 Å². The van der Waals surface area contributed by atoms with Gasteiger partial charge in [0, 0.05) is 23.9 Å². The lowest BCUT2D eigenvalue weighted by Gasteiger charge is -2.12. The van der Waals surface area contributed by atoms with Crippen molar-refractivity contribution < 1.29 is 17.6 Å². The van der Waals surface area contributed by atoms with Crippen LogP contribution in [0.1, 0.15) is 11.3 Å². The molecule has 3 aromatic heterocycles. The maximum atomic E-state index is 11.3. The number of furan rings is 1. The molecule has 200 valence electrons. The van der Waals surface area contributed by atoms with Gasteiger partial charge in [-0.15, -0.1) is 0 Å².